The van der Waals surface area contributed by atoms with Gasteiger partial charge in [-0.25, -0.2) is 0 Å². The zero-order chi connectivity index (χ0) is 0. The van der Waals surface area contributed by atoms with Crippen LogP contribution in [0.5, 0.6) is 0 Å². The zero-order valence-electron chi connectivity index (χ0n) is 1.19. The first-order valence-electron chi connectivity index (χ1n) is 0. The fourth-order valence-corrected chi connectivity index (χ4v) is 0. The summed E-state index contributed by atoms with van der Waals surface area (Å²) in [6.07, 6.45) is 0. The summed E-state index contributed by atoms with van der Waals surface area (Å²) in [7, 11) is 0. The number of halogens is 2. The van der Waals surface area contributed by atoms with Crippen LogP contribution in [0.25, 0.3) is 0 Å². The summed E-state index contributed by atoms with van der Waals surface area (Å²) in [5.41, 5.74) is 0. The molecule has 27 valence electrons. The Balaban J connectivity index is 0. The minimum Gasteiger partial charge on any atom is 0 e. The van der Waals surface area contributed by atoms with E-state index in [1.165, 1.54) is 0 Å². The second-order valence-electron chi connectivity index (χ2n) is 0. The van der Waals surface area contributed by atoms with Gasteiger partial charge in [0.2, 0.25) is 0 Å². The molecule has 0 aliphatic heterocycles. The van der Waals surface area contributed by atoms with Gasteiger partial charge in [0, 0.05) is 49.4 Å². The maximum atomic E-state index is 0. The maximum Gasteiger partial charge on any atom is 0 e. The van der Waals surface area contributed by atoms with Crippen LogP contribution < -0.4 is 0 Å². The summed E-state index contributed by atoms with van der Waals surface area (Å²) in [6.45, 7) is 0. The standard InChI is InChI=1S/Ba.2ClH.Eu.2H/h;2*1H;;;. The average Bonchev–Trinajstić information content (AvgIpc) is 0. The van der Waals surface area contributed by atoms with Gasteiger partial charge >= 0.3 is 48.9 Å². The van der Waals surface area contributed by atoms with Crippen molar-refractivity contribution in [3.8, 4) is 0 Å². The van der Waals surface area contributed by atoms with Crippen LogP contribution in [-0.4, -0.2) is 48.9 Å². The fraction of sp³-hybridized carbons (Fsp3) is 0. The molecular formula is H4BaCl2Eu. The third kappa shape index (κ3) is 9.22. The van der Waals surface area contributed by atoms with Gasteiger partial charge in [0.25, 0.3) is 0 Å². The molecule has 0 unspecified atom stereocenters. The van der Waals surface area contributed by atoms with Crippen LogP contribution in [-0.2, 0) is 0 Å². The molecule has 0 aliphatic rings. The van der Waals surface area contributed by atoms with Gasteiger partial charge in [-0.2, -0.15) is 0 Å². The Labute approximate surface area is 119 Å². The van der Waals surface area contributed by atoms with Crippen LogP contribution in [0.1, 0.15) is 0 Å². The van der Waals surface area contributed by atoms with Crippen molar-refractivity contribution in [3.63, 3.8) is 0 Å². The summed E-state index contributed by atoms with van der Waals surface area (Å²) in [6, 6.07) is 0. The van der Waals surface area contributed by atoms with E-state index in [0.717, 1.165) is 0 Å². The summed E-state index contributed by atoms with van der Waals surface area (Å²) in [4.78, 5) is 0. The first-order valence-corrected chi connectivity index (χ1v) is 0. The Hall–Kier alpha value is 3.74. The topological polar surface area (TPSA) is 0 Å². The van der Waals surface area contributed by atoms with Gasteiger partial charge in [0.1, 0.15) is 0 Å². The van der Waals surface area contributed by atoms with E-state index in [9.17, 15) is 0 Å². The van der Waals surface area contributed by atoms with E-state index >= 15 is 0 Å². The van der Waals surface area contributed by atoms with E-state index in [1.807, 2.05) is 0 Å². The van der Waals surface area contributed by atoms with Crippen LogP contribution in [0.3, 0.4) is 0 Å². The van der Waals surface area contributed by atoms with Gasteiger partial charge in [0.05, 0.1) is 0 Å². The molecular weight excluding hydrogens is 360 g/mol. The largest absolute Gasteiger partial charge is 0 e. The van der Waals surface area contributed by atoms with Crippen LogP contribution in [0.2, 0.25) is 0 Å². The number of rotatable bonds is 0. The Morgan fingerprint density at radius 1 is 0.750 bits per heavy atom. The van der Waals surface area contributed by atoms with Gasteiger partial charge in [0.15, 0.2) is 0 Å². The SMILES string of the molecule is Cl.Cl.[BaH2].[Eu]. The number of hydrogen-bond acceptors (Lipinski definition) is 0. The molecule has 0 aliphatic carbocycles. The molecule has 0 aromatic heterocycles. The Bertz CT molecular complexity index is 6.00. The van der Waals surface area contributed by atoms with Crippen molar-refractivity contribution in [2.24, 2.45) is 0 Å². The van der Waals surface area contributed by atoms with E-state index in [1.54, 1.807) is 0 Å². The third-order valence-electron chi connectivity index (χ3n) is 0. The normalized spacial score (nSPS) is 0. The smallest absolute Gasteiger partial charge is 0 e. The molecule has 0 aromatic carbocycles. The van der Waals surface area contributed by atoms with Crippen molar-refractivity contribution in [2.75, 3.05) is 0 Å². The Morgan fingerprint density at radius 3 is 0.750 bits per heavy atom. The quantitative estimate of drug-likeness (QED) is 0.528. The molecule has 0 amide bonds. The van der Waals surface area contributed by atoms with Crippen molar-refractivity contribution >= 4 is 73.7 Å². The van der Waals surface area contributed by atoms with Gasteiger partial charge in [-0.15, -0.1) is 24.8 Å². The first kappa shape index (κ1) is 25.1. The minimum atomic E-state index is 0. The third-order valence-corrected chi connectivity index (χ3v) is 0. The van der Waals surface area contributed by atoms with Crippen molar-refractivity contribution in [3.05, 3.63) is 0 Å². The monoisotopic (exact) mass is 365 g/mol. The Kier molecular flexibility index (Phi) is 99.8. The van der Waals surface area contributed by atoms with Crippen LogP contribution in [0.15, 0.2) is 0 Å². The van der Waals surface area contributed by atoms with Crippen molar-refractivity contribution < 1.29 is 49.4 Å². The molecule has 0 aromatic rings. The van der Waals surface area contributed by atoms with Crippen LogP contribution >= 0.6 is 24.8 Å². The Morgan fingerprint density at radius 2 is 0.750 bits per heavy atom. The molecule has 0 rings (SSSR count). The summed E-state index contributed by atoms with van der Waals surface area (Å²) in [5, 5.41) is 0. The molecule has 4 heavy (non-hydrogen) atoms. The zero-order valence-corrected chi connectivity index (χ0v) is 5.25. The van der Waals surface area contributed by atoms with Crippen molar-refractivity contribution in [1.82, 2.24) is 0 Å². The van der Waals surface area contributed by atoms with E-state index in [4.69, 9.17) is 0 Å². The van der Waals surface area contributed by atoms with E-state index < -0.39 is 0 Å². The molecule has 0 saturated carbocycles. The van der Waals surface area contributed by atoms with E-state index in [-0.39, 0.29) is 123 Å². The van der Waals surface area contributed by atoms with Crippen molar-refractivity contribution in [1.29, 1.82) is 0 Å². The number of hydrogen-bond donors (Lipinski definition) is 0. The second-order valence-corrected chi connectivity index (χ2v) is 0. The van der Waals surface area contributed by atoms with E-state index in [2.05, 4.69) is 0 Å². The molecule has 0 atom stereocenters. The van der Waals surface area contributed by atoms with Gasteiger partial charge in [-0.1, -0.05) is 0 Å². The molecule has 0 heterocycles. The predicted molar refractivity (Wildman–Crippen MR) is 23.0 cm³/mol. The first-order chi connectivity index (χ1) is 0. The van der Waals surface area contributed by atoms with Crippen LogP contribution in [0, 0.1) is 49.4 Å². The van der Waals surface area contributed by atoms with Gasteiger partial charge in [-0.05, 0) is 0 Å². The summed E-state index contributed by atoms with van der Waals surface area (Å²) < 4.78 is 0. The predicted octanol–water partition coefficient (Wildman–Crippen LogP) is -0.0726. The average molecular weight is 364 g/mol. The molecule has 0 bridgehead atoms. The van der Waals surface area contributed by atoms with Gasteiger partial charge < -0.3 is 0 Å². The molecule has 1 radical (unpaired) electrons. The summed E-state index contributed by atoms with van der Waals surface area (Å²) in [5.74, 6) is 0. The maximum absolute atomic E-state index is 0. The fourth-order valence-electron chi connectivity index (χ4n) is 0. The summed E-state index contributed by atoms with van der Waals surface area (Å²) >= 11 is 0. The molecule has 0 saturated heterocycles. The van der Waals surface area contributed by atoms with Crippen LogP contribution in [0.4, 0.5) is 0 Å². The molecule has 0 nitrogen and oxygen atoms in total. The van der Waals surface area contributed by atoms with Gasteiger partial charge in [-0.3, -0.25) is 0 Å². The second kappa shape index (κ2) is 15.9. The molecule has 0 N–H and O–H groups in total. The molecule has 0 fully saturated rings. The van der Waals surface area contributed by atoms with Crippen molar-refractivity contribution in [2.45, 2.75) is 0 Å². The molecule has 4 heteroatoms. The molecule has 0 spiro atoms. The van der Waals surface area contributed by atoms with E-state index in [0.29, 0.717) is 0 Å². The minimum absolute atomic E-state index is 0.